The Bertz CT molecular complexity index is 1090. The zero-order valence-electron chi connectivity index (χ0n) is 15.3. The zero-order valence-corrected chi connectivity index (χ0v) is 16.8. The lowest BCUT2D eigenvalue weighted by Crippen LogP contribution is -2.43. The van der Waals surface area contributed by atoms with Crippen molar-refractivity contribution in [3.63, 3.8) is 0 Å². The zero-order chi connectivity index (χ0) is 20.5. The molecule has 0 spiro atoms. The van der Waals surface area contributed by atoms with Gasteiger partial charge in [0.25, 0.3) is 5.91 Å². The van der Waals surface area contributed by atoms with E-state index in [0.29, 0.717) is 17.3 Å². The van der Waals surface area contributed by atoms with E-state index in [1.807, 2.05) is 11.4 Å². The number of imide groups is 1. The molecule has 0 aliphatic carbocycles. The summed E-state index contributed by atoms with van der Waals surface area (Å²) in [5.74, 6) is -0.659. The summed E-state index contributed by atoms with van der Waals surface area (Å²) in [4.78, 5) is 28.8. The van der Waals surface area contributed by atoms with Crippen molar-refractivity contribution in [3.05, 3.63) is 58.7 Å². The van der Waals surface area contributed by atoms with Crippen LogP contribution in [0.25, 0.3) is 21.8 Å². The van der Waals surface area contributed by atoms with Gasteiger partial charge in [0.15, 0.2) is 0 Å². The Morgan fingerprint density at radius 1 is 1.21 bits per heavy atom. The quantitative estimate of drug-likeness (QED) is 0.584. The Hall–Kier alpha value is -2.97. The maximum atomic E-state index is 13.1. The van der Waals surface area contributed by atoms with E-state index in [4.69, 9.17) is 16.3 Å². The highest BCUT2D eigenvalue weighted by Gasteiger charge is 2.36. The summed E-state index contributed by atoms with van der Waals surface area (Å²) in [7, 11) is 1.22. The van der Waals surface area contributed by atoms with Crippen LogP contribution in [0, 0.1) is 5.82 Å². The Kier molecular flexibility index (Phi) is 5.21. The van der Waals surface area contributed by atoms with Crippen LogP contribution < -0.4 is 5.01 Å². The topological polar surface area (TPSA) is 62.7 Å². The summed E-state index contributed by atoms with van der Waals surface area (Å²) in [6.45, 7) is 0.315. The number of ether oxygens (including phenoxy) is 1. The maximum absolute atomic E-state index is 13.1. The van der Waals surface area contributed by atoms with Crippen LogP contribution in [0.2, 0.25) is 5.02 Å². The van der Waals surface area contributed by atoms with Crippen LogP contribution in [0.3, 0.4) is 0 Å². The molecule has 2 heterocycles. The monoisotopic (exact) mass is 431 g/mol. The van der Waals surface area contributed by atoms with Crippen LogP contribution in [-0.4, -0.2) is 35.6 Å². The minimum Gasteiger partial charge on any atom is -0.451 e. The number of amides is 2. The molecule has 1 aliphatic heterocycles. The van der Waals surface area contributed by atoms with E-state index in [0.717, 1.165) is 26.8 Å². The third-order valence-electron chi connectivity index (χ3n) is 4.48. The van der Waals surface area contributed by atoms with Gasteiger partial charge in [0, 0.05) is 29.5 Å². The van der Waals surface area contributed by atoms with Crippen LogP contribution >= 0.6 is 22.9 Å². The number of aromatic nitrogens is 1. The van der Waals surface area contributed by atoms with Crippen molar-refractivity contribution in [3.8, 4) is 21.8 Å². The standard InChI is InChI=1S/C20H15ClFN3O3S/c1-28-20(27)25-18(26)8-9-24(25)17-10-13(4-7-15(17)21)19-23-16(11-29-19)12-2-5-14(22)6-3-12/h2-7,10-11H,8-9H2,1H3. The average molecular weight is 432 g/mol. The fraction of sp³-hybridized carbons (Fsp3) is 0.150. The maximum Gasteiger partial charge on any atom is 0.435 e. The molecule has 2 aromatic carbocycles. The number of halogens is 2. The molecule has 1 aromatic heterocycles. The second-order valence-electron chi connectivity index (χ2n) is 6.26. The molecule has 1 saturated heterocycles. The number of anilines is 1. The van der Waals surface area contributed by atoms with E-state index in [-0.39, 0.29) is 18.1 Å². The number of nitrogens with zero attached hydrogens (tertiary/aromatic N) is 3. The lowest BCUT2D eigenvalue weighted by molar-refractivity contribution is -0.126. The van der Waals surface area contributed by atoms with Gasteiger partial charge in [-0.2, -0.15) is 5.01 Å². The van der Waals surface area contributed by atoms with Gasteiger partial charge in [0.2, 0.25) is 0 Å². The first-order valence-electron chi connectivity index (χ1n) is 8.67. The van der Waals surface area contributed by atoms with Crippen molar-refractivity contribution in [1.29, 1.82) is 0 Å². The first kappa shape index (κ1) is 19.4. The molecule has 6 nitrogen and oxygen atoms in total. The number of hydrogen-bond acceptors (Lipinski definition) is 6. The third kappa shape index (κ3) is 3.68. The number of thiazole rings is 1. The Labute approximate surface area is 175 Å². The molecule has 0 radical (unpaired) electrons. The number of benzene rings is 2. The van der Waals surface area contributed by atoms with Gasteiger partial charge in [-0.3, -0.25) is 9.80 Å². The number of rotatable bonds is 3. The van der Waals surface area contributed by atoms with Gasteiger partial charge < -0.3 is 4.74 Å². The first-order valence-corrected chi connectivity index (χ1v) is 9.93. The molecule has 148 valence electrons. The molecule has 0 bridgehead atoms. The van der Waals surface area contributed by atoms with Crippen molar-refractivity contribution >= 4 is 40.6 Å². The fourth-order valence-corrected chi connectivity index (χ4v) is 4.10. The molecule has 0 N–H and O–H groups in total. The Morgan fingerprint density at radius 3 is 2.66 bits per heavy atom. The molecule has 29 heavy (non-hydrogen) atoms. The Balaban J connectivity index is 1.68. The smallest absolute Gasteiger partial charge is 0.435 e. The van der Waals surface area contributed by atoms with E-state index in [9.17, 15) is 14.0 Å². The minimum absolute atomic E-state index is 0.182. The van der Waals surface area contributed by atoms with E-state index in [1.165, 1.54) is 35.6 Å². The second kappa shape index (κ2) is 7.81. The summed E-state index contributed by atoms with van der Waals surface area (Å²) >= 11 is 7.79. The molecule has 9 heteroatoms. The van der Waals surface area contributed by atoms with Crippen molar-refractivity contribution in [1.82, 2.24) is 9.99 Å². The lowest BCUT2D eigenvalue weighted by atomic mass is 10.1. The summed E-state index contributed by atoms with van der Waals surface area (Å²) in [6.07, 6.45) is -0.580. The van der Waals surface area contributed by atoms with Crippen LogP contribution in [0.15, 0.2) is 47.8 Å². The van der Waals surface area contributed by atoms with Gasteiger partial charge >= 0.3 is 6.09 Å². The van der Waals surface area contributed by atoms with E-state index in [1.54, 1.807) is 24.3 Å². The SMILES string of the molecule is COC(=O)N1C(=O)CCN1c1cc(-c2nc(-c3ccc(F)cc3)cs2)ccc1Cl. The summed E-state index contributed by atoms with van der Waals surface area (Å²) in [5, 5.41) is 5.48. The van der Waals surface area contributed by atoms with Gasteiger partial charge in [-0.1, -0.05) is 17.7 Å². The van der Waals surface area contributed by atoms with Gasteiger partial charge in [0.1, 0.15) is 10.8 Å². The molecule has 0 saturated carbocycles. The molecular weight excluding hydrogens is 417 g/mol. The van der Waals surface area contributed by atoms with E-state index >= 15 is 0 Å². The van der Waals surface area contributed by atoms with Gasteiger partial charge in [0.05, 0.1) is 23.5 Å². The molecule has 0 unspecified atom stereocenters. The highest BCUT2D eigenvalue weighted by atomic mass is 35.5. The fourth-order valence-electron chi connectivity index (χ4n) is 3.06. The second-order valence-corrected chi connectivity index (χ2v) is 7.53. The largest absolute Gasteiger partial charge is 0.451 e. The molecule has 4 rings (SSSR count). The van der Waals surface area contributed by atoms with Crippen molar-refractivity contribution < 1.29 is 18.7 Å². The summed E-state index contributed by atoms with van der Waals surface area (Å²) in [5.41, 5.74) is 2.84. The number of methoxy groups -OCH3 is 1. The van der Waals surface area contributed by atoms with Gasteiger partial charge in [-0.05, 0) is 36.4 Å². The third-order valence-corrected chi connectivity index (χ3v) is 5.69. The summed E-state index contributed by atoms with van der Waals surface area (Å²) < 4.78 is 17.9. The molecule has 2 amide bonds. The molecule has 1 fully saturated rings. The average Bonchev–Trinajstić information content (AvgIpc) is 3.36. The summed E-state index contributed by atoms with van der Waals surface area (Å²) in [6, 6.07) is 11.4. The van der Waals surface area contributed by atoms with E-state index in [2.05, 4.69) is 4.98 Å². The number of hydrogen-bond donors (Lipinski definition) is 0. The van der Waals surface area contributed by atoms with Crippen LogP contribution in [0.4, 0.5) is 14.9 Å². The van der Waals surface area contributed by atoms with Gasteiger partial charge in [-0.25, -0.2) is 14.2 Å². The lowest BCUT2D eigenvalue weighted by Gasteiger charge is -2.27. The molecule has 3 aromatic rings. The van der Waals surface area contributed by atoms with Gasteiger partial charge in [-0.15, -0.1) is 11.3 Å². The first-order chi connectivity index (χ1) is 14.0. The van der Waals surface area contributed by atoms with Crippen LogP contribution in [0.1, 0.15) is 6.42 Å². The predicted molar refractivity (Wildman–Crippen MR) is 109 cm³/mol. The number of carbonyl (C=O) groups is 2. The molecule has 1 aliphatic rings. The van der Waals surface area contributed by atoms with E-state index < -0.39 is 6.09 Å². The number of hydrazine groups is 1. The van der Waals surface area contributed by atoms with Crippen molar-refractivity contribution in [2.24, 2.45) is 0 Å². The minimum atomic E-state index is -0.762. The molecule has 0 atom stereocenters. The highest BCUT2D eigenvalue weighted by Crippen LogP contribution is 2.36. The van der Waals surface area contributed by atoms with Crippen LogP contribution in [-0.2, 0) is 9.53 Å². The van der Waals surface area contributed by atoms with Crippen molar-refractivity contribution in [2.75, 3.05) is 18.7 Å². The Morgan fingerprint density at radius 2 is 1.93 bits per heavy atom. The normalized spacial score (nSPS) is 13.8. The highest BCUT2D eigenvalue weighted by molar-refractivity contribution is 7.13. The van der Waals surface area contributed by atoms with Crippen LogP contribution in [0.5, 0.6) is 0 Å². The predicted octanol–water partition coefficient (Wildman–Crippen LogP) is 4.99. The van der Waals surface area contributed by atoms with Crippen molar-refractivity contribution in [2.45, 2.75) is 6.42 Å². The number of carbonyl (C=O) groups excluding carboxylic acids is 2. The molecular formula is C20H15ClFN3O3S.